The van der Waals surface area contributed by atoms with Crippen LogP contribution in [0, 0.1) is 5.92 Å². The Morgan fingerprint density at radius 1 is 0.750 bits per heavy atom. The van der Waals surface area contributed by atoms with Gasteiger partial charge in [-0.1, -0.05) is 30.3 Å². The van der Waals surface area contributed by atoms with Crippen molar-refractivity contribution in [2.45, 2.75) is 24.2 Å². The third kappa shape index (κ3) is 6.58. The first-order valence-corrected chi connectivity index (χ1v) is 16.3. The summed E-state index contributed by atoms with van der Waals surface area (Å²) >= 11 is 0. The summed E-state index contributed by atoms with van der Waals surface area (Å²) in [5.74, 6) is 2.16. The Bertz CT molecular complexity index is 1520. The van der Waals surface area contributed by atoms with Gasteiger partial charge in [-0.25, -0.2) is 8.42 Å². The summed E-state index contributed by atoms with van der Waals surface area (Å²) in [6, 6.07) is 18.7. The minimum Gasteiger partial charge on any atom is -0.495 e. The molecule has 11 heteroatoms. The zero-order valence-electron chi connectivity index (χ0n) is 25.8. The van der Waals surface area contributed by atoms with Gasteiger partial charge in [-0.2, -0.15) is 4.31 Å². The highest BCUT2D eigenvalue weighted by atomic mass is 32.2. The van der Waals surface area contributed by atoms with E-state index in [1.807, 2.05) is 18.2 Å². The van der Waals surface area contributed by atoms with Crippen LogP contribution in [0.4, 0.5) is 5.69 Å². The minimum absolute atomic E-state index is 0.150. The summed E-state index contributed by atoms with van der Waals surface area (Å²) < 4.78 is 50.9. The van der Waals surface area contributed by atoms with E-state index in [4.69, 9.17) is 18.9 Å². The van der Waals surface area contributed by atoms with Crippen molar-refractivity contribution in [2.75, 3.05) is 72.6 Å². The van der Waals surface area contributed by atoms with Crippen LogP contribution < -0.4 is 23.8 Å². The molecule has 3 aromatic carbocycles. The van der Waals surface area contributed by atoms with E-state index < -0.39 is 10.0 Å². The fourth-order valence-corrected chi connectivity index (χ4v) is 7.56. The average Bonchev–Trinajstić information content (AvgIpc) is 3.07. The number of carbonyl (C=O) groups is 1. The van der Waals surface area contributed by atoms with Crippen molar-refractivity contribution >= 4 is 21.6 Å². The van der Waals surface area contributed by atoms with E-state index in [1.54, 1.807) is 46.6 Å². The number of rotatable bonds is 10. The first-order chi connectivity index (χ1) is 21.3. The molecule has 0 spiro atoms. The van der Waals surface area contributed by atoms with Crippen molar-refractivity contribution < 1.29 is 32.2 Å². The average molecular weight is 624 g/mol. The van der Waals surface area contributed by atoms with Crippen molar-refractivity contribution in [2.24, 2.45) is 5.92 Å². The van der Waals surface area contributed by atoms with Crippen molar-refractivity contribution in [1.29, 1.82) is 0 Å². The zero-order chi connectivity index (χ0) is 31.3. The predicted molar refractivity (Wildman–Crippen MR) is 169 cm³/mol. The van der Waals surface area contributed by atoms with Crippen LogP contribution in [0.2, 0.25) is 0 Å². The molecule has 0 N–H and O–H groups in total. The first-order valence-electron chi connectivity index (χ1n) is 14.8. The predicted octanol–water partition coefficient (Wildman–Crippen LogP) is 4.33. The van der Waals surface area contributed by atoms with E-state index in [0.29, 0.717) is 79.4 Å². The fourth-order valence-electron chi connectivity index (χ4n) is 6.07. The largest absolute Gasteiger partial charge is 0.495 e. The maximum absolute atomic E-state index is 13.7. The van der Waals surface area contributed by atoms with Crippen LogP contribution in [0.5, 0.6) is 23.0 Å². The van der Waals surface area contributed by atoms with Gasteiger partial charge in [0.15, 0.2) is 11.5 Å². The lowest BCUT2D eigenvalue weighted by molar-refractivity contribution is 0.0745. The summed E-state index contributed by atoms with van der Waals surface area (Å²) in [6.07, 6.45) is 2.63. The molecule has 10 nitrogen and oxygen atoms in total. The number of anilines is 1. The molecule has 5 rings (SSSR count). The van der Waals surface area contributed by atoms with Crippen molar-refractivity contribution in [3.05, 3.63) is 71.8 Å². The van der Waals surface area contributed by atoms with E-state index in [0.717, 1.165) is 19.3 Å². The zero-order valence-corrected chi connectivity index (χ0v) is 26.6. The van der Waals surface area contributed by atoms with Gasteiger partial charge in [0.2, 0.25) is 15.8 Å². The van der Waals surface area contributed by atoms with Crippen LogP contribution in [0.3, 0.4) is 0 Å². The van der Waals surface area contributed by atoms with Crippen LogP contribution in [-0.4, -0.2) is 91.2 Å². The Morgan fingerprint density at radius 2 is 1.36 bits per heavy atom. The molecule has 0 bridgehead atoms. The standard InChI is InChI=1S/C33H41N3O7S/c1-40-29-11-10-27(44(38,39)36-14-12-25(13-15-36)20-24-8-6-5-7-9-24)23-28(29)34-16-18-35(19-17-34)33(37)26-21-30(41-2)32(43-4)31(22-26)42-3/h5-11,21-23,25H,12-20H2,1-4H3. The van der Waals surface area contributed by atoms with E-state index >= 15 is 0 Å². The molecule has 0 saturated carbocycles. The second-order valence-electron chi connectivity index (χ2n) is 11.1. The lowest BCUT2D eigenvalue weighted by Crippen LogP contribution is -2.49. The molecule has 2 fully saturated rings. The summed E-state index contributed by atoms with van der Waals surface area (Å²) in [5.41, 5.74) is 2.43. The van der Waals surface area contributed by atoms with E-state index in [-0.39, 0.29) is 10.8 Å². The Morgan fingerprint density at radius 3 is 1.93 bits per heavy atom. The molecule has 1 amide bonds. The SMILES string of the molecule is COc1ccc(S(=O)(=O)N2CCC(Cc3ccccc3)CC2)cc1N1CCN(C(=O)c2cc(OC)c(OC)c(OC)c2)CC1. The van der Waals surface area contributed by atoms with Crippen LogP contribution >= 0.6 is 0 Å². The highest BCUT2D eigenvalue weighted by molar-refractivity contribution is 7.89. The Kier molecular flexibility index (Phi) is 9.85. The topological polar surface area (TPSA) is 97.9 Å². The number of sulfonamides is 1. The second-order valence-corrected chi connectivity index (χ2v) is 13.0. The molecule has 236 valence electrons. The second kappa shape index (κ2) is 13.8. The monoisotopic (exact) mass is 623 g/mol. The maximum Gasteiger partial charge on any atom is 0.254 e. The van der Waals surface area contributed by atoms with E-state index in [2.05, 4.69) is 17.0 Å². The number of amides is 1. The molecule has 2 saturated heterocycles. The fraction of sp³-hybridized carbons (Fsp3) is 0.424. The number of hydrogen-bond acceptors (Lipinski definition) is 8. The number of carbonyl (C=O) groups excluding carboxylic acids is 1. The minimum atomic E-state index is -3.67. The smallest absolute Gasteiger partial charge is 0.254 e. The normalized spacial score (nSPS) is 16.5. The molecule has 0 unspecified atom stereocenters. The number of nitrogens with zero attached hydrogens (tertiary/aromatic N) is 3. The Hall–Kier alpha value is -3.96. The molecule has 0 radical (unpaired) electrons. The van der Waals surface area contributed by atoms with E-state index in [9.17, 15) is 13.2 Å². The molecule has 0 aliphatic carbocycles. The summed E-state index contributed by atoms with van der Waals surface area (Å²) in [6.45, 7) is 2.93. The molecular weight excluding hydrogens is 582 g/mol. The van der Waals surface area contributed by atoms with Crippen LogP contribution in [0.15, 0.2) is 65.6 Å². The lowest BCUT2D eigenvalue weighted by atomic mass is 9.91. The third-order valence-corrected chi connectivity index (χ3v) is 10.4. The van der Waals surface area contributed by atoms with Crippen molar-refractivity contribution in [1.82, 2.24) is 9.21 Å². The maximum atomic E-state index is 13.7. The molecule has 2 aliphatic heterocycles. The van der Waals surface area contributed by atoms with E-state index in [1.165, 1.54) is 26.9 Å². The Balaban J connectivity index is 1.26. The van der Waals surface area contributed by atoms with Gasteiger partial charge in [-0.15, -0.1) is 0 Å². The van der Waals surface area contributed by atoms with Gasteiger partial charge >= 0.3 is 0 Å². The molecule has 0 atom stereocenters. The number of methoxy groups -OCH3 is 4. The number of piperazine rings is 1. The van der Waals surface area contributed by atoms with Gasteiger partial charge in [0.1, 0.15) is 5.75 Å². The highest BCUT2D eigenvalue weighted by Crippen LogP contribution is 2.39. The third-order valence-electron chi connectivity index (χ3n) is 8.55. The van der Waals surface area contributed by atoms with Gasteiger partial charge in [-0.3, -0.25) is 4.79 Å². The first kappa shape index (κ1) is 31.5. The molecule has 2 heterocycles. The van der Waals surface area contributed by atoms with Gasteiger partial charge in [0.25, 0.3) is 5.91 Å². The highest BCUT2D eigenvalue weighted by Gasteiger charge is 2.31. The molecule has 3 aromatic rings. The van der Waals surface area contributed by atoms with Gasteiger partial charge in [-0.05, 0) is 61.1 Å². The van der Waals surface area contributed by atoms with Crippen molar-refractivity contribution in [3.8, 4) is 23.0 Å². The molecular formula is C33H41N3O7S. The molecule has 2 aliphatic rings. The number of ether oxygens (including phenoxy) is 4. The number of benzene rings is 3. The summed E-state index contributed by atoms with van der Waals surface area (Å²) in [5, 5.41) is 0. The van der Waals surface area contributed by atoms with Gasteiger partial charge < -0.3 is 28.7 Å². The van der Waals surface area contributed by atoms with Gasteiger partial charge in [0, 0.05) is 44.8 Å². The quantitative estimate of drug-likeness (QED) is 0.329. The lowest BCUT2D eigenvalue weighted by Gasteiger charge is -2.37. The van der Waals surface area contributed by atoms with Crippen LogP contribution in [-0.2, 0) is 16.4 Å². The summed E-state index contributed by atoms with van der Waals surface area (Å²) in [4.78, 5) is 17.5. The number of piperidine rings is 1. The van der Waals surface area contributed by atoms with Crippen molar-refractivity contribution in [3.63, 3.8) is 0 Å². The molecule has 44 heavy (non-hydrogen) atoms. The molecule has 0 aromatic heterocycles. The Labute approximate surface area is 260 Å². The van der Waals surface area contributed by atoms with Gasteiger partial charge in [0.05, 0.1) is 39.0 Å². The van der Waals surface area contributed by atoms with Crippen LogP contribution in [0.25, 0.3) is 0 Å². The number of hydrogen-bond donors (Lipinski definition) is 0. The summed E-state index contributed by atoms with van der Waals surface area (Å²) in [7, 11) is 2.45. The van der Waals surface area contributed by atoms with Crippen LogP contribution in [0.1, 0.15) is 28.8 Å².